The number of aliphatic hydroxyl groups excluding tert-OH is 2. The summed E-state index contributed by atoms with van der Waals surface area (Å²) in [5.74, 6) is 0. The maximum absolute atomic E-state index is 11.9. The molecule has 2 rings (SSSR count). The van der Waals surface area contributed by atoms with Crippen molar-refractivity contribution in [1.29, 1.82) is 0 Å². The predicted octanol–water partition coefficient (Wildman–Crippen LogP) is 0.344. The Bertz CT molecular complexity index is 741. The summed E-state index contributed by atoms with van der Waals surface area (Å²) in [7, 11) is 1.73. The predicted molar refractivity (Wildman–Crippen MR) is 99.9 cm³/mol. The van der Waals surface area contributed by atoms with Crippen molar-refractivity contribution in [2.45, 2.75) is 37.5 Å². The van der Waals surface area contributed by atoms with E-state index in [4.69, 9.17) is 17.0 Å². The number of nitrogens with one attached hydrogen (secondary N) is 2. The Morgan fingerprint density at radius 3 is 2.71 bits per heavy atom. The number of aliphatic hydroxyl groups is 2. The van der Waals surface area contributed by atoms with Crippen molar-refractivity contribution >= 4 is 25.4 Å². The van der Waals surface area contributed by atoms with Gasteiger partial charge < -0.3 is 20.3 Å². The number of hydrogen-bond acceptors (Lipinski definition) is 6. The van der Waals surface area contributed by atoms with Crippen LogP contribution in [0.5, 0.6) is 0 Å². The highest BCUT2D eigenvalue weighted by Crippen LogP contribution is 2.39. The molecule has 1 saturated heterocycles. The second kappa shape index (κ2) is 7.64. The van der Waals surface area contributed by atoms with Crippen LogP contribution in [0, 0.1) is 4.77 Å². The minimum atomic E-state index is -1.24. The lowest BCUT2D eigenvalue weighted by molar-refractivity contribution is -0.0392. The summed E-state index contributed by atoms with van der Waals surface area (Å²) < 4.78 is 7.52. The van der Waals surface area contributed by atoms with Crippen molar-refractivity contribution in [2.24, 2.45) is 0 Å². The molecular formula is C15H26N3O4PS. The van der Waals surface area contributed by atoms with E-state index in [2.05, 4.69) is 29.9 Å². The average Bonchev–Trinajstić information content (AvgIpc) is 2.75. The highest BCUT2D eigenvalue weighted by molar-refractivity contribution is 7.72. The molecule has 0 aromatic carbocycles. The molecule has 24 heavy (non-hydrogen) atoms. The summed E-state index contributed by atoms with van der Waals surface area (Å²) in [5, 5.41) is 23.6. The van der Waals surface area contributed by atoms with Crippen LogP contribution in [0.3, 0.4) is 0 Å². The number of aromatic nitrogens is 2. The number of hydrogen-bond donors (Lipinski definition) is 4. The van der Waals surface area contributed by atoms with Gasteiger partial charge in [0.2, 0.25) is 0 Å². The summed E-state index contributed by atoms with van der Waals surface area (Å²) >= 11 is 5.18. The van der Waals surface area contributed by atoms with Crippen LogP contribution in [-0.4, -0.2) is 70.9 Å². The molecule has 0 radical (unpaired) electrons. The summed E-state index contributed by atoms with van der Waals surface area (Å²) in [6.07, 6.45) is 3.79. The van der Waals surface area contributed by atoms with Crippen LogP contribution in [0.1, 0.15) is 18.2 Å². The minimum absolute atomic E-state index is 0.154. The summed E-state index contributed by atoms with van der Waals surface area (Å²) in [5.41, 5.74) is 0.198. The van der Waals surface area contributed by atoms with Crippen LogP contribution in [-0.2, 0) is 11.3 Å². The Hall–Kier alpha value is -0.760. The minimum Gasteiger partial charge on any atom is -0.388 e. The fraction of sp³-hybridized carbons (Fsp3) is 0.667. The van der Waals surface area contributed by atoms with Crippen molar-refractivity contribution in [3.63, 3.8) is 0 Å². The van der Waals surface area contributed by atoms with Gasteiger partial charge in [0.25, 0.3) is 5.56 Å². The molecule has 136 valence electrons. The maximum atomic E-state index is 11.9. The zero-order valence-corrected chi connectivity index (χ0v) is 15.9. The normalized spacial score (nSPS) is 27.5. The first-order valence-corrected chi connectivity index (χ1v) is 11.3. The second-order valence-electron chi connectivity index (χ2n) is 6.85. The molecule has 0 aliphatic carbocycles. The largest absolute Gasteiger partial charge is 0.388 e. The lowest BCUT2D eigenvalue weighted by atomic mass is 10.1. The molecule has 1 aromatic rings. The third-order valence-corrected chi connectivity index (χ3v) is 5.82. The van der Waals surface area contributed by atoms with E-state index in [9.17, 15) is 15.0 Å². The molecule has 9 heteroatoms. The first kappa shape index (κ1) is 19.6. The van der Waals surface area contributed by atoms with Gasteiger partial charge in [-0.05, 0) is 45.2 Å². The first-order valence-electron chi connectivity index (χ1n) is 7.82. The molecule has 0 unspecified atom stereocenters. The van der Waals surface area contributed by atoms with Gasteiger partial charge in [-0.3, -0.25) is 14.3 Å². The molecule has 0 bridgehead atoms. The SMILES string of the molecule is C=P(C)(C)CC[C@H]1O[C@@H](n2cc(CNC)c(=O)[nH]c2=S)[C@H](O)[C@@H]1O. The van der Waals surface area contributed by atoms with Crippen molar-refractivity contribution in [2.75, 3.05) is 26.5 Å². The topological polar surface area (TPSA) is 99.5 Å². The van der Waals surface area contributed by atoms with E-state index in [0.717, 1.165) is 6.16 Å². The van der Waals surface area contributed by atoms with Crippen molar-refractivity contribution in [1.82, 2.24) is 14.9 Å². The van der Waals surface area contributed by atoms with Gasteiger partial charge in [-0.25, -0.2) is 0 Å². The van der Waals surface area contributed by atoms with Gasteiger partial charge in [0.05, 0.1) is 6.10 Å². The lowest BCUT2D eigenvalue weighted by Gasteiger charge is -2.20. The molecule has 4 N–H and O–H groups in total. The second-order valence-corrected chi connectivity index (χ2v) is 11.6. The first-order chi connectivity index (χ1) is 11.1. The van der Waals surface area contributed by atoms with E-state index in [0.29, 0.717) is 18.5 Å². The van der Waals surface area contributed by atoms with Gasteiger partial charge in [-0.1, -0.05) is 0 Å². The lowest BCUT2D eigenvalue weighted by Crippen LogP contribution is -2.33. The highest BCUT2D eigenvalue weighted by atomic mass is 32.1. The molecule has 0 spiro atoms. The average molecular weight is 375 g/mol. The van der Waals surface area contributed by atoms with Crippen molar-refractivity contribution in [3.05, 3.63) is 26.9 Å². The van der Waals surface area contributed by atoms with E-state index in [1.807, 2.05) is 0 Å². The fourth-order valence-electron chi connectivity index (χ4n) is 2.71. The molecule has 1 aliphatic rings. The molecule has 1 fully saturated rings. The highest BCUT2D eigenvalue weighted by Gasteiger charge is 2.43. The van der Waals surface area contributed by atoms with Gasteiger partial charge in [0.15, 0.2) is 11.0 Å². The molecule has 1 aliphatic heterocycles. The van der Waals surface area contributed by atoms with Gasteiger partial charge >= 0.3 is 0 Å². The standard InChI is InChI=1S/C15H26N3O4PS/c1-16-7-9-8-18(15(24)17-13(9)21)14-12(20)11(19)10(22-14)5-6-23(2,3)4/h8,10-12,14,16,19-20H,2,5-7H2,1,3-4H3,(H,17,21,24)/t10-,11-,12-,14-/m1/s1. The molecule has 4 atom stereocenters. The zero-order valence-electron chi connectivity index (χ0n) is 14.2. The molecule has 2 heterocycles. The molecule has 1 aromatic heterocycles. The van der Waals surface area contributed by atoms with E-state index in [-0.39, 0.29) is 10.3 Å². The van der Waals surface area contributed by atoms with E-state index in [1.165, 1.54) is 4.57 Å². The number of ether oxygens (including phenoxy) is 1. The number of aromatic amines is 1. The summed E-state index contributed by atoms with van der Waals surface area (Å²) in [6, 6.07) is 0. The van der Waals surface area contributed by atoms with Gasteiger partial charge in [-0.2, -0.15) is 0 Å². The number of nitrogens with zero attached hydrogens (tertiary/aromatic N) is 1. The summed E-state index contributed by atoms with van der Waals surface area (Å²) in [6.45, 7) is 3.35. The van der Waals surface area contributed by atoms with Crippen LogP contribution >= 0.6 is 19.1 Å². The summed E-state index contributed by atoms with van der Waals surface area (Å²) in [4.78, 5) is 14.5. The van der Waals surface area contributed by atoms with Crippen LogP contribution in [0.2, 0.25) is 0 Å². The third-order valence-electron chi connectivity index (χ3n) is 4.04. The Labute approximate surface area is 146 Å². The van der Waals surface area contributed by atoms with Crippen molar-refractivity contribution in [3.8, 4) is 0 Å². The quantitative estimate of drug-likeness (QED) is 0.423. The molecule has 7 nitrogen and oxygen atoms in total. The molecular weight excluding hydrogens is 349 g/mol. The van der Waals surface area contributed by atoms with Crippen LogP contribution in [0.15, 0.2) is 11.0 Å². The zero-order chi connectivity index (χ0) is 18.1. The smallest absolute Gasteiger partial charge is 0.256 e. The third kappa shape index (κ3) is 4.45. The number of H-pyrrole nitrogens is 1. The van der Waals surface area contributed by atoms with E-state index >= 15 is 0 Å². The van der Waals surface area contributed by atoms with Crippen molar-refractivity contribution < 1.29 is 14.9 Å². The Morgan fingerprint density at radius 2 is 2.12 bits per heavy atom. The van der Waals surface area contributed by atoms with E-state index < -0.39 is 31.4 Å². The van der Waals surface area contributed by atoms with Crippen LogP contribution in [0.4, 0.5) is 0 Å². The van der Waals surface area contributed by atoms with Crippen LogP contribution < -0.4 is 10.9 Å². The Kier molecular flexibility index (Phi) is 6.23. The maximum Gasteiger partial charge on any atom is 0.256 e. The molecule has 0 saturated carbocycles. The fourth-order valence-corrected chi connectivity index (χ4v) is 3.91. The van der Waals surface area contributed by atoms with Gasteiger partial charge in [0, 0.05) is 18.3 Å². The van der Waals surface area contributed by atoms with Crippen LogP contribution in [0.25, 0.3) is 0 Å². The van der Waals surface area contributed by atoms with Gasteiger partial charge in [-0.15, -0.1) is 13.2 Å². The Balaban J connectivity index is 2.26. The molecule has 0 amide bonds. The monoisotopic (exact) mass is 375 g/mol. The number of rotatable bonds is 6. The Morgan fingerprint density at radius 1 is 1.46 bits per heavy atom. The van der Waals surface area contributed by atoms with E-state index in [1.54, 1.807) is 13.2 Å². The van der Waals surface area contributed by atoms with Gasteiger partial charge in [0.1, 0.15) is 12.2 Å².